The maximum atomic E-state index is 11.6. The summed E-state index contributed by atoms with van der Waals surface area (Å²) < 4.78 is 10.7. The van der Waals surface area contributed by atoms with Crippen molar-refractivity contribution >= 4 is 17.6 Å². The Kier molecular flexibility index (Phi) is 6.33. The van der Waals surface area contributed by atoms with Crippen molar-refractivity contribution < 1.29 is 14.3 Å². The fourth-order valence-corrected chi connectivity index (χ4v) is 2.32. The van der Waals surface area contributed by atoms with Crippen LogP contribution >= 0.6 is 11.6 Å². The van der Waals surface area contributed by atoms with Crippen LogP contribution in [0.4, 0.5) is 0 Å². The maximum absolute atomic E-state index is 11.6. The van der Waals surface area contributed by atoms with E-state index in [0.29, 0.717) is 30.8 Å². The van der Waals surface area contributed by atoms with Crippen molar-refractivity contribution in [2.45, 2.75) is 32.2 Å². The Hall–Kier alpha value is -1.26. The topological polar surface area (TPSA) is 38.8 Å². The van der Waals surface area contributed by atoms with Gasteiger partial charge in [-0.2, -0.15) is 0 Å². The minimum Gasteiger partial charge on any atom is -0.494 e. The van der Waals surface area contributed by atoms with Crippen LogP contribution in [0, 0.1) is 0 Å². The van der Waals surface area contributed by atoms with E-state index >= 15 is 0 Å². The van der Waals surface area contributed by atoms with E-state index in [2.05, 4.69) is 4.90 Å². The first kappa shape index (κ1) is 16.1. The Balaban J connectivity index is 1.67. The monoisotopic (exact) mass is 311 g/mol. The predicted octanol–water partition coefficient (Wildman–Crippen LogP) is 3.14. The van der Waals surface area contributed by atoms with E-state index in [1.807, 2.05) is 31.2 Å². The normalized spacial score (nSPS) is 14.2. The lowest BCUT2D eigenvalue weighted by molar-refractivity contribution is -0.144. The molecule has 0 N–H and O–H groups in total. The zero-order chi connectivity index (χ0) is 15.1. The third-order valence-corrected chi connectivity index (χ3v) is 3.62. The molecule has 116 valence electrons. The van der Waals surface area contributed by atoms with Crippen LogP contribution in [0.15, 0.2) is 24.3 Å². The van der Waals surface area contributed by atoms with Gasteiger partial charge in [-0.1, -0.05) is 11.6 Å². The summed E-state index contributed by atoms with van der Waals surface area (Å²) in [5, 5.41) is 0.705. The Labute approximate surface area is 131 Å². The van der Waals surface area contributed by atoms with Crippen LogP contribution < -0.4 is 4.74 Å². The molecule has 21 heavy (non-hydrogen) atoms. The summed E-state index contributed by atoms with van der Waals surface area (Å²) in [6, 6.07) is 7.89. The van der Waals surface area contributed by atoms with Crippen molar-refractivity contribution in [1.82, 2.24) is 4.90 Å². The number of carbonyl (C=O) groups is 1. The minimum absolute atomic E-state index is 0.136. The number of hydrogen-bond acceptors (Lipinski definition) is 4. The molecule has 0 atom stereocenters. The van der Waals surface area contributed by atoms with Gasteiger partial charge < -0.3 is 9.47 Å². The van der Waals surface area contributed by atoms with E-state index in [1.165, 1.54) is 12.8 Å². The van der Waals surface area contributed by atoms with Crippen molar-refractivity contribution in [2.75, 3.05) is 26.3 Å². The third kappa shape index (κ3) is 5.94. The molecule has 0 radical (unpaired) electrons. The molecule has 2 rings (SSSR count). The molecular formula is C16H22ClNO3. The molecule has 0 bridgehead atoms. The van der Waals surface area contributed by atoms with Gasteiger partial charge in [0.15, 0.2) is 0 Å². The Morgan fingerprint density at radius 1 is 1.33 bits per heavy atom. The van der Waals surface area contributed by atoms with Crippen molar-refractivity contribution in [3.63, 3.8) is 0 Å². The number of esters is 1. The van der Waals surface area contributed by atoms with Gasteiger partial charge in [0, 0.05) is 17.6 Å². The second-order valence-corrected chi connectivity index (χ2v) is 5.60. The number of carbonyl (C=O) groups excluding carboxylic acids is 1. The smallest absolute Gasteiger partial charge is 0.320 e. The average molecular weight is 312 g/mol. The second-order valence-electron chi connectivity index (χ2n) is 5.16. The molecule has 0 saturated heterocycles. The van der Waals surface area contributed by atoms with Crippen molar-refractivity contribution in [1.29, 1.82) is 0 Å². The van der Waals surface area contributed by atoms with Crippen LogP contribution in [-0.2, 0) is 9.53 Å². The van der Waals surface area contributed by atoms with Crippen LogP contribution in [0.2, 0.25) is 5.02 Å². The second kappa shape index (κ2) is 8.25. The minimum atomic E-state index is -0.136. The van der Waals surface area contributed by atoms with E-state index in [-0.39, 0.29) is 5.97 Å². The molecule has 1 fully saturated rings. The lowest BCUT2D eigenvalue weighted by atomic mass is 10.3. The molecule has 0 amide bonds. The van der Waals surface area contributed by atoms with Crippen molar-refractivity contribution in [3.05, 3.63) is 29.3 Å². The van der Waals surface area contributed by atoms with Crippen molar-refractivity contribution in [2.24, 2.45) is 0 Å². The van der Waals surface area contributed by atoms with Gasteiger partial charge in [-0.25, -0.2) is 0 Å². The highest BCUT2D eigenvalue weighted by atomic mass is 35.5. The van der Waals surface area contributed by atoms with Crippen LogP contribution in [0.5, 0.6) is 5.75 Å². The van der Waals surface area contributed by atoms with Gasteiger partial charge in [0.05, 0.1) is 19.8 Å². The van der Waals surface area contributed by atoms with Gasteiger partial charge in [-0.15, -0.1) is 0 Å². The summed E-state index contributed by atoms with van der Waals surface area (Å²) in [7, 11) is 0. The molecule has 1 aliphatic carbocycles. The van der Waals surface area contributed by atoms with Gasteiger partial charge in [-0.3, -0.25) is 9.69 Å². The number of hydrogen-bond donors (Lipinski definition) is 0. The number of ether oxygens (including phenoxy) is 2. The van der Waals surface area contributed by atoms with Crippen LogP contribution in [0.3, 0.4) is 0 Å². The standard InChI is InChI=1S/C16H22ClNO3/c1-2-20-16(19)12-18(14-6-7-14)10-3-11-21-15-8-4-13(17)5-9-15/h4-5,8-9,14H,2-3,6-7,10-12H2,1H3. The lowest BCUT2D eigenvalue weighted by Crippen LogP contribution is -2.34. The number of halogens is 1. The van der Waals surface area contributed by atoms with Gasteiger partial charge in [0.2, 0.25) is 0 Å². The molecular weight excluding hydrogens is 290 g/mol. The van der Waals surface area contributed by atoms with E-state index in [0.717, 1.165) is 18.7 Å². The molecule has 5 heteroatoms. The van der Waals surface area contributed by atoms with Crippen LogP contribution in [-0.4, -0.2) is 43.2 Å². The zero-order valence-electron chi connectivity index (χ0n) is 12.4. The summed E-state index contributed by atoms with van der Waals surface area (Å²) in [5.74, 6) is 0.686. The highest BCUT2D eigenvalue weighted by Crippen LogP contribution is 2.26. The van der Waals surface area contributed by atoms with Crippen LogP contribution in [0.25, 0.3) is 0 Å². The number of rotatable bonds is 9. The Bertz CT molecular complexity index is 445. The summed E-state index contributed by atoms with van der Waals surface area (Å²) in [6.07, 6.45) is 3.24. The highest BCUT2D eigenvalue weighted by molar-refractivity contribution is 6.30. The van der Waals surface area contributed by atoms with E-state index in [1.54, 1.807) is 0 Å². The van der Waals surface area contributed by atoms with E-state index in [4.69, 9.17) is 21.1 Å². The van der Waals surface area contributed by atoms with Crippen LogP contribution in [0.1, 0.15) is 26.2 Å². The van der Waals surface area contributed by atoms with E-state index < -0.39 is 0 Å². The van der Waals surface area contributed by atoms with Gasteiger partial charge in [0.25, 0.3) is 0 Å². The SMILES string of the molecule is CCOC(=O)CN(CCCOc1ccc(Cl)cc1)C1CC1. The summed E-state index contributed by atoms with van der Waals surface area (Å²) in [4.78, 5) is 13.8. The molecule has 1 aromatic rings. The first-order valence-electron chi connectivity index (χ1n) is 7.47. The quantitative estimate of drug-likeness (QED) is 0.519. The first-order chi connectivity index (χ1) is 10.2. The molecule has 1 aromatic carbocycles. The van der Waals surface area contributed by atoms with Crippen molar-refractivity contribution in [3.8, 4) is 5.75 Å². The third-order valence-electron chi connectivity index (χ3n) is 3.37. The molecule has 0 aliphatic heterocycles. The maximum Gasteiger partial charge on any atom is 0.320 e. The number of benzene rings is 1. The average Bonchev–Trinajstić information content (AvgIpc) is 3.29. The van der Waals surface area contributed by atoms with Gasteiger partial charge in [0.1, 0.15) is 5.75 Å². The lowest BCUT2D eigenvalue weighted by Gasteiger charge is -2.20. The summed E-state index contributed by atoms with van der Waals surface area (Å²) in [6.45, 7) is 4.15. The Morgan fingerprint density at radius 2 is 2.05 bits per heavy atom. The largest absolute Gasteiger partial charge is 0.494 e. The number of nitrogens with zero attached hydrogens (tertiary/aromatic N) is 1. The fraction of sp³-hybridized carbons (Fsp3) is 0.562. The highest BCUT2D eigenvalue weighted by Gasteiger charge is 2.30. The molecule has 4 nitrogen and oxygen atoms in total. The van der Waals surface area contributed by atoms with Gasteiger partial charge in [-0.05, 0) is 50.5 Å². The first-order valence-corrected chi connectivity index (χ1v) is 7.85. The molecule has 0 unspecified atom stereocenters. The van der Waals surface area contributed by atoms with Gasteiger partial charge >= 0.3 is 5.97 Å². The predicted molar refractivity (Wildman–Crippen MR) is 82.8 cm³/mol. The van der Waals surface area contributed by atoms with E-state index in [9.17, 15) is 4.79 Å². The zero-order valence-corrected chi connectivity index (χ0v) is 13.1. The summed E-state index contributed by atoms with van der Waals surface area (Å²) in [5.41, 5.74) is 0. The molecule has 1 saturated carbocycles. The molecule has 0 aromatic heterocycles. The summed E-state index contributed by atoms with van der Waals surface area (Å²) >= 11 is 5.82. The molecule has 0 heterocycles. The molecule has 1 aliphatic rings. The Morgan fingerprint density at radius 3 is 2.67 bits per heavy atom. The fourth-order valence-electron chi connectivity index (χ4n) is 2.19. The molecule has 0 spiro atoms.